The Hall–Kier alpha value is -1.58. The average molecular weight is 276 g/mol. The summed E-state index contributed by atoms with van der Waals surface area (Å²) in [6, 6.07) is 2.17. The van der Waals surface area contributed by atoms with Gasteiger partial charge in [0.2, 0.25) is 0 Å². The largest absolute Gasteiger partial charge is 0.478 e. The van der Waals surface area contributed by atoms with Crippen molar-refractivity contribution in [2.24, 2.45) is 5.92 Å². The molecular weight excluding hydrogens is 252 g/mol. The number of nitrogens with zero attached hydrogens (tertiary/aromatic N) is 2. The number of aromatic nitrogens is 1. The lowest BCUT2D eigenvalue weighted by molar-refractivity contribution is 0.0696. The summed E-state index contributed by atoms with van der Waals surface area (Å²) in [5.41, 5.74) is 1.12. The van der Waals surface area contributed by atoms with Gasteiger partial charge in [0.15, 0.2) is 0 Å². The zero-order valence-electron chi connectivity index (χ0n) is 12.6. The second-order valence-electron chi connectivity index (χ2n) is 5.83. The topological polar surface area (TPSA) is 53.4 Å². The summed E-state index contributed by atoms with van der Waals surface area (Å²) >= 11 is 0. The summed E-state index contributed by atoms with van der Waals surface area (Å²) in [7, 11) is 1.98. The maximum absolute atomic E-state index is 11.5. The summed E-state index contributed by atoms with van der Waals surface area (Å²) in [6.07, 6.45) is 7.68. The molecule has 0 amide bonds. The molecule has 1 aromatic heterocycles. The second kappa shape index (κ2) is 6.25. The van der Waals surface area contributed by atoms with Crippen LogP contribution in [-0.2, 0) is 0 Å². The monoisotopic (exact) mass is 276 g/mol. The number of pyridine rings is 1. The SMILES string of the molecule is CCC1CCC(N(C)c2nccc(C)c2C(=O)O)CC1. The fraction of sp³-hybridized carbons (Fsp3) is 0.625. The third-order valence-electron chi connectivity index (χ3n) is 4.63. The van der Waals surface area contributed by atoms with Crippen LogP contribution in [0.5, 0.6) is 0 Å². The molecule has 20 heavy (non-hydrogen) atoms. The second-order valence-corrected chi connectivity index (χ2v) is 5.83. The van der Waals surface area contributed by atoms with Crippen LogP contribution in [0.2, 0.25) is 0 Å². The lowest BCUT2D eigenvalue weighted by atomic mass is 9.84. The molecule has 0 radical (unpaired) electrons. The maximum Gasteiger partial charge on any atom is 0.339 e. The molecule has 1 aliphatic carbocycles. The van der Waals surface area contributed by atoms with E-state index in [2.05, 4.69) is 16.8 Å². The third-order valence-corrected chi connectivity index (χ3v) is 4.63. The van der Waals surface area contributed by atoms with E-state index < -0.39 is 5.97 Å². The molecule has 1 saturated carbocycles. The summed E-state index contributed by atoms with van der Waals surface area (Å²) in [5, 5.41) is 9.41. The summed E-state index contributed by atoms with van der Waals surface area (Å²) < 4.78 is 0. The molecule has 0 spiro atoms. The standard InChI is InChI=1S/C16H24N2O2/c1-4-12-5-7-13(8-6-12)18(3)15-14(16(19)20)11(2)9-10-17-15/h9-10,12-13H,4-8H2,1-3H3,(H,19,20). The number of aryl methyl sites for hydroxylation is 1. The molecule has 2 rings (SSSR count). The molecule has 1 N–H and O–H groups in total. The summed E-state index contributed by atoms with van der Waals surface area (Å²) in [6.45, 7) is 4.08. The van der Waals surface area contributed by atoms with Gasteiger partial charge in [0.05, 0.1) is 0 Å². The Balaban J connectivity index is 2.20. The van der Waals surface area contributed by atoms with Crippen LogP contribution in [0.25, 0.3) is 0 Å². The van der Waals surface area contributed by atoms with Crippen molar-refractivity contribution in [2.45, 2.75) is 52.0 Å². The molecule has 110 valence electrons. The van der Waals surface area contributed by atoms with Crippen LogP contribution in [0.3, 0.4) is 0 Å². The van der Waals surface area contributed by atoms with E-state index in [0.717, 1.165) is 24.3 Å². The molecule has 1 fully saturated rings. The van der Waals surface area contributed by atoms with Crippen molar-refractivity contribution in [3.63, 3.8) is 0 Å². The van der Waals surface area contributed by atoms with Gasteiger partial charge in [0.25, 0.3) is 0 Å². The Morgan fingerprint density at radius 2 is 2.05 bits per heavy atom. The van der Waals surface area contributed by atoms with Crippen molar-refractivity contribution in [1.82, 2.24) is 4.98 Å². The molecule has 0 aliphatic heterocycles. The van der Waals surface area contributed by atoms with Crippen LogP contribution in [0.15, 0.2) is 12.3 Å². The number of anilines is 1. The van der Waals surface area contributed by atoms with Crippen LogP contribution in [0, 0.1) is 12.8 Å². The Kier molecular flexibility index (Phi) is 4.63. The van der Waals surface area contributed by atoms with Crippen molar-refractivity contribution < 1.29 is 9.90 Å². The third kappa shape index (κ3) is 2.94. The molecule has 0 saturated heterocycles. The molecule has 4 heteroatoms. The van der Waals surface area contributed by atoms with Gasteiger partial charge >= 0.3 is 5.97 Å². The van der Waals surface area contributed by atoms with Gasteiger partial charge in [0, 0.05) is 19.3 Å². The van der Waals surface area contributed by atoms with Crippen molar-refractivity contribution in [1.29, 1.82) is 0 Å². The lowest BCUT2D eigenvalue weighted by Gasteiger charge is -2.35. The first-order valence-corrected chi connectivity index (χ1v) is 7.46. The highest BCUT2D eigenvalue weighted by Gasteiger charge is 2.26. The molecule has 0 unspecified atom stereocenters. The van der Waals surface area contributed by atoms with E-state index in [9.17, 15) is 9.90 Å². The first-order valence-electron chi connectivity index (χ1n) is 7.46. The van der Waals surface area contributed by atoms with Crippen molar-refractivity contribution >= 4 is 11.8 Å². The molecule has 1 aromatic rings. The minimum absolute atomic E-state index is 0.340. The van der Waals surface area contributed by atoms with E-state index in [4.69, 9.17) is 0 Å². The highest BCUT2D eigenvalue weighted by atomic mass is 16.4. The Bertz CT molecular complexity index is 479. The predicted octanol–water partition coefficient (Wildman–Crippen LogP) is 3.49. The molecule has 1 heterocycles. The number of carboxylic acid groups (broad SMARTS) is 1. The zero-order valence-corrected chi connectivity index (χ0v) is 12.6. The quantitative estimate of drug-likeness (QED) is 0.914. The number of hydrogen-bond donors (Lipinski definition) is 1. The highest BCUT2D eigenvalue weighted by molar-refractivity contribution is 5.94. The van der Waals surface area contributed by atoms with Gasteiger partial charge in [-0.2, -0.15) is 0 Å². The number of aromatic carboxylic acids is 1. The molecule has 0 atom stereocenters. The summed E-state index contributed by atoms with van der Waals surface area (Å²) in [5.74, 6) is 0.557. The van der Waals surface area contributed by atoms with Gasteiger partial charge in [-0.05, 0) is 50.2 Å². The molecule has 4 nitrogen and oxygen atoms in total. The van der Waals surface area contributed by atoms with Crippen LogP contribution >= 0.6 is 0 Å². The van der Waals surface area contributed by atoms with E-state index in [1.54, 1.807) is 12.3 Å². The van der Waals surface area contributed by atoms with Gasteiger partial charge in [-0.25, -0.2) is 9.78 Å². The normalized spacial score (nSPS) is 22.6. The van der Waals surface area contributed by atoms with E-state index in [0.29, 0.717) is 17.4 Å². The van der Waals surface area contributed by atoms with Gasteiger partial charge in [-0.1, -0.05) is 13.3 Å². The number of rotatable bonds is 4. The van der Waals surface area contributed by atoms with Crippen molar-refractivity contribution in [2.75, 3.05) is 11.9 Å². The van der Waals surface area contributed by atoms with Crippen LogP contribution in [-0.4, -0.2) is 29.1 Å². The average Bonchev–Trinajstić information content (AvgIpc) is 2.46. The highest BCUT2D eigenvalue weighted by Crippen LogP contribution is 2.32. The lowest BCUT2D eigenvalue weighted by Crippen LogP contribution is -2.36. The maximum atomic E-state index is 11.5. The van der Waals surface area contributed by atoms with Gasteiger partial charge < -0.3 is 10.0 Å². The van der Waals surface area contributed by atoms with Crippen LogP contribution in [0.1, 0.15) is 54.9 Å². The minimum atomic E-state index is -0.889. The van der Waals surface area contributed by atoms with E-state index in [1.807, 2.05) is 14.0 Å². The molecule has 0 aromatic carbocycles. The zero-order chi connectivity index (χ0) is 14.7. The van der Waals surface area contributed by atoms with Crippen LogP contribution in [0.4, 0.5) is 5.82 Å². The van der Waals surface area contributed by atoms with Crippen LogP contribution < -0.4 is 4.90 Å². The van der Waals surface area contributed by atoms with Gasteiger partial charge in [-0.3, -0.25) is 0 Å². The molecule has 0 bridgehead atoms. The number of carbonyl (C=O) groups is 1. The minimum Gasteiger partial charge on any atom is -0.478 e. The number of carboxylic acids is 1. The van der Waals surface area contributed by atoms with E-state index in [-0.39, 0.29) is 0 Å². The first-order chi connectivity index (χ1) is 9.54. The van der Waals surface area contributed by atoms with Crippen molar-refractivity contribution in [3.05, 3.63) is 23.4 Å². The van der Waals surface area contributed by atoms with Gasteiger partial charge in [-0.15, -0.1) is 0 Å². The fourth-order valence-electron chi connectivity index (χ4n) is 3.19. The molecular formula is C16H24N2O2. The Morgan fingerprint density at radius 1 is 1.40 bits per heavy atom. The molecule has 1 aliphatic rings. The van der Waals surface area contributed by atoms with Gasteiger partial charge in [0.1, 0.15) is 11.4 Å². The summed E-state index contributed by atoms with van der Waals surface area (Å²) in [4.78, 5) is 17.9. The first kappa shape index (κ1) is 14.8. The van der Waals surface area contributed by atoms with E-state index in [1.165, 1.54) is 19.3 Å². The van der Waals surface area contributed by atoms with Crippen molar-refractivity contribution in [3.8, 4) is 0 Å². The smallest absolute Gasteiger partial charge is 0.339 e. The number of hydrogen-bond acceptors (Lipinski definition) is 3. The fourth-order valence-corrected chi connectivity index (χ4v) is 3.19. The Morgan fingerprint density at radius 3 is 2.60 bits per heavy atom. The predicted molar refractivity (Wildman–Crippen MR) is 80.4 cm³/mol. The Labute approximate surface area is 120 Å². The van der Waals surface area contributed by atoms with E-state index >= 15 is 0 Å².